The predicted octanol–water partition coefficient (Wildman–Crippen LogP) is 4.99. The van der Waals surface area contributed by atoms with Crippen LogP contribution in [0.1, 0.15) is 31.8 Å². The van der Waals surface area contributed by atoms with Crippen LogP contribution in [0.4, 0.5) is 0 Å². The maximum Gasteiger partial charge on any atom is 0.340 e. The number of hydrogen-bond donors (Lipinski definition) is 0. The number of aromatic nitrogens is 1. The monoisotopic (exact) mass is 570 g/mol. The first-order valence-electron chi connectivity index (χ1n) is 12.8. The van der Waals surface area contributed by atoms with Gasteiger partial charge in [0.1, 0.15) is 11.5 Å². The number of ether oxygens (including phenoxy) is 3. The molecule has 2 heterocycles. The second kappa shape index (κ2) is 9.97. The highest BCUT2D eigenvalue weighted by Gasteiger charge is 2.36. The Hall–Kier alpha value is -4.83. The standard InChI is InChI=1S/C31H26N2O7S/c1-38-21-12-14-22(15-13-21)41(36,37)33-25-10-6-5-9-23(25)28-27-20(16-24(29(28)33)31(35)40-3)18-32(30(27)34)17-19-8-4-7-11-26(19)39-2/h4-16H,17-18H2,1-3H3. The number of hydrogen-bond acceptors (Lipinski definition) is 7. The summed E-state index contributed by atoms with van der Waals surface area (Å²) in [6, 6.07) is 21.9. The maximum absolute atomic E-state index is 14.2. The van der Waals surface area contributed by atoms with Crippen molar-refractivity contribution in [2.75, 3.05) is 21.3 Å². The smallest absolute Gasteiger partial charge is 0.340 e. The number of esters is 1. The van der Waals surface area contributed by atoms with E-state index in [1.165, 1.54) is 26.4 Å². The fourth-order valence-corrected chi connectivity index (χ4v) is 7.06. The highest BCUT2D eigenvalue weighted by atomic mass is 32.2. The number of benzene rings is 4. The molecule has 10 heteroatoms. The number of carbonyl (C=O) groups is 2. The molecule has 41 heavy (non-hydrogen) atoms. The Kier molecular flexibility index (Phi) is 6.42. The second-order valence-corrected chi connectivity index (χ2v) is 11.4. The number of carbonyl (C=O) groups excluding carboxylic acids is 2. The van der Waals surface area contributed by atoms with Gasteiger partial charge in [0, 0.05) is 29.4 Å². The predicted molar refractivity (Wildman–Crippen MR) is 153 cm³/mol. The van der Waals surface area contributed by atoms with Crippen molar-refractivity contribution in [2.45, 2.75) is 18.0 Å². The summed E-state index contributed by atoms with van der Waals surface area (Å²) in [5.74, 6) is 0.179. The third-order valence-electron chi connectivity index (χ3n) is 7.40. The average molecular weight is 571 g/mol. The molecule has 0 radical (unpaired) electrons. The van der Waals surface area contributed by atoms with E-state index in [0.717, 1.165) is 9.54 Å². The normalized spacial score (nSPS) is 13.0. The third-order valence-corrected chi connectivity index (χ3v) is 9.12. The molecular weight excluding hydrogens is 544 g/mol. The summed E-state index contributed by atoms with van der Waals surface area (Å²) in [4.78, 5) is 28.8. The van der Waals surface area contributed by atoms with E-state index in [2.05, 4.69) is 0 Å². The zero-order chi connectivity index (χ0) is 28.9. The lowest BCUT2D eigenvalue weighted by molar-refractivity contribution is 0.0602. The average Bonchev–Trinajstić information content (AvgIpc) is 3.51. The van der Waals surface area contributed by atoms with E-state index >= 15 is 0 Å². The van der Waals surface area contributed by atoms with Gasteiger partial charge in [-0.2, -0.15) is 0 Å². The summed E-state index contributed by atoms with van der Waals surface area (Å²) in [5.41, 5.74) is 2.30. The van der Waals surface area contributed by atoms with Gasteiger partial charge in [-0.15, -0.1) is 0 Å². The molecule has 0 bridgehead atoms. The lowest BCUT2D eigenvalue weighted by Crippen LogP contribution is -2.23. The Bertz CT molecular complexity index is 1960. The van der Waals surface area contributed by atoms with Gasteiger partial charge in [-0.1, -0.05) is 36.4 Å². The Balaban J connectivity index is 1.63. The van der Waals surface area contributed by atoms with Gasteiger partial charge < -0.3 is 19.1 Å². The van der Waals surface area contributed by atoms with Gasteiger partial charge in [0.25, 0.3) is 15.9 Å². The van der Waals surface area contributed by atoms with Crippen LogP contribution < -0.4 is 9.47 Å². The summed E-state index contributed by atoms with van der Waals surface area (Å²) in [7, 11) is 0.0764. The van der Waals surface area contributed by atoms with E-state index in [-0.39, 0.29) is 35.0 Å². The zero-order valence-electron chi connectivity index (χ0n) is 22.6. The largest absolute Gasteiger partial charge is 0.497 e. The lowest BCUT2D eigenvalue weighted by atomic mass is 9.98. The quantitative estimate of drug-likeness (QED) is 0.254. The van der Waals surface area contributed by atoms with E-state index in [9.17, 15) is 18.0 Å². The van der Waals surface area contributed by atoms with Crippen LogP contribution in [-0.2, 0) is 27.8 Å². The van der Waals surface area contributed by atoms with Crippen LogP contribution in [0.25, 0.3) is 21.8 Å². The molecule has 1 aromatic heterocycles. The van der Waals surface area contributed by atoms with Crippen molar-refractivity contribution in [1.29, 1.82) is 0 Å². The Morgan fingerprint density at radius 3 is 2.32 bits per heavy atom. The van der Waals surface area contributed by atoms with Crippen LogP contribution >= 0.6 is 0 Å². The third kappa shape index (κ3) is 4.10. The molecule has 6 rings (SSSR count). The van der Waals surface area contributed by atoms with Gasteiger partial charge >= 0.3 is 5.97 Å². The van der Waals surface area contributed by atoms with Crippen LogP contribution in [0.2, 0.25) is 0 Å². The van der Waals surface area contributed by atoms with Crippen molar-refractivity contribution in [2.24, 2.45) is 0 Å². The maximum atomic E-state index is 14.2. The van der Waals surface area contributed by atoms with Crippen LogP contribution in [-0.4, -0.2) is 50.5 Å². The van der Waals surface area contributed by atoms with E-state index < -0.39 is 16.0 Å². The molecule has 0 fully saturated rings. The molecule has 1 amide bonds. The zero-order valence-corrected chi connectivity index (χ0v) is 23.4. The van der Waals surface area contributed by atoms with Crippen molar-refractivity contribution >= 4 is 43.7 Å². The molecule has 0 saturated carbocycles. The summed E-state index contributed by atoms with van der Waals surface area (Å²) >= 11 is 0. The number of para-hydroxylation sites is 2. The van der Waals surface area contributed by atoms with Gasteiger partial charge in [-0.05, 0) is 48.0 Å². The number of methoxy groups -OCH3 is 3. The minimum absolute atomic E-state index is 0.00129. The fourth-order valence-electron chi connectivity index (χ4n) is 5.52. The molecule has 9 nitrogen and oxygen atoms in total. The highest BCUT2D eigenvalue weighted by molar-refractivity contribution is 7.90. The van der Waals surface area contributed by atoms with Gasteiger partial charge in [-0.3, -0.25) is 4.79 Å². The van der Waals surface area contributed by atoms with Gasteiger partial charge in [0.2, 0.25) is 0 Å². The van der Waals surface area contributed by atoms with Crippen LogP contribution in [0, 0.1) is 0 Å². The second-order valence-electron chi connectivity index (χ2n) is 9.61. The fraction of sp³-hybridized carbons (Fsp3) is 0.161. The molecule has 1 aliphatic heterocycles. The van der Waals surface area contributed by atoms with E-state index in [1.54, 1.807) is 54.5 Å². The van der Waals surface area contributed by atoms with Crippen molar-refractivity contribution in [1.82, 2.24) is 8.87 Å². The molecule has 208 valence electrons. The summed E-state index contributed by atoms with van der Waals surface area (Å²) in [6.07, 6.45) is 0. The van der Waals surface area contributed by atoms with Crippen LogP contribution in [0.15, 0.2) is 83.8 Å². The number of nitrogens with zero attached hydrogens (tertiary/aromatic N) is 2. The molecule has 5 aromatic rings. The molecule has 4 aromatic carbocycles. The van der Waals surface area contributed by atoms with Crippen molar-refractivity contribution in [3.8, 4) is 11.5 Å². The molecule has 0 atom stereocenters. The van der Waals surface area contributed by atoms with Crippen LogP contribution in [0.5, 0.6) is 11.5 Å². The summed E-state index contributed by atoms with van der Waals surface area (Å²) in [6.45, 7) is 0.506. The van der Waals surface area contributed by atoms with Gasteiger partial charge in [-0.25, -0.2) is 17.2 Å². The molecule has 1 aliphatic rings. The molecule has 0 unspecified atom stereocenters. The highest BCUT2D eigenvalue weighted by Crippen LogP contribution is 2.42. The molecule has 0 aliphatic carbocycles. The molecular formula is C31H26N2O7S. The van der Waals surface area contributed by atoms with Crippen molar-refractivity contribution < 1.29 is 32.2 Å². The SMILES string of the molecule is COC(=O)c1cc2c(c3c4ccccc4n(S(=O)(=O)c4ccc(OC)cc4)c13)C(=O)N(Cc1ccccc1OC)C2. The molecule has 0 saturated heterocycles. The van der Waals surface area contributed by atoms with Gasteiger partial charge in [0.15, 0.2) is 0 Å². The molecule has 0 spiro atoms. The first-order chi connectivity index (χ1) is 19.8. The topological polar surface area (TPSA) is 104 Å². The van der Waals surface area contributed by atoms with Gasteiger partial charge in [0.05, 0.1) is 48.4 Å². The number of fused-ring (bicyclic) bond motifs is 5. The van der Waals surface area contributed by atoms with Crippen LogP contribution in [0.3, 0.4) is 0 Å². The van der Waals surface area contributed by atoms with Crippen molar-refractivity contribution in [3.05, 3.63) is 101 Å². The molecule has 0 N–H and O–H groups in total. The van der Waals surface area contributed by atoms with E-state index in [4.69, 9.17) is 14.2 Å². The summed E-state index contributed by atoms with van der Waals surface area (Å²) < 4.78 is 45.3. The number of amides is 1. The minimum atomic E-state index is -4.23. The lowest BCUT2D eigenvalue weighted by Gasteiger charge is -2.17. The number of rotatable bonds is 7. The minimum Gasteiger partial charge on any atom is -0.497 e. The Morgan fingerprint density at radius 2 is 1.61 bits per heavy atom. The first kappa shape index (κ1) is 26.4. The van der Waals surface area contributed by atoms with Crippen molar-refractivity contribution in [3.63, 3.8) is 0 Å². The summed E-state index contributed by atoms with van der Waals surface area (Å²) in [5, 5.41) is 0.928. The first-order valence-corrected chi connectivity index (χ1v) is 14.2. The van der Waals surface area contributed by atoms with E-state index in [0.29, 0.717) is 38.9 Å². The van der Waals surface area contributed by atoms with E-state index in [1.807, 2.05) is 24.3 Å². The Morgan fingerprint density at radius 1 is 0.902 bits per heavy atom. The Labute approximate surface area is 236 Å².